The van der Waals surface area contributed by atoms with Crippen molar-refractivity contribution in [1.29, 1.82) is 0 Å². The molecule has 0 atom stereocenters. The van der Waals surface area contributed by atoms with Gasteiger partial charge in [-0.05, 0) is 47.8 Å². The van der Waals surface area contributed by atoms with Gasteiger partial charge in [-0.3, -0.25) is 0 Å². The lowest BCUT2D eigenvalue weighted by Gasteiger charge is -2.19. The van der Waals surface area contributed by atoms with Gasteiger partial charge < -0.3 is 10.8 Å². The van der Waals surface area contributed by atoms with E-state index in [1.54, 1.807) is 6.07 Å². The fraction of sp³-hybridized carbons (Fsp3) is 0.400. The minimum absolute atomic E-state index is 0.0516. The van der Waals surface area contributed by atoms with E-state index < -0.39 is 11.4 Å². The number of nitrogens with two attached hydrogens (primary N) is 1. The molecule has 1 rings (SSSR count). The highest BCUT2D eigenvalue weighted by Gasteiger charge is 2.16. The number of benzene rings is 1. The van der Waals surface area contributed by atoms with Gasteiger partial charge in [-0.2, -0.15) is 0 Å². The molecule has 0 saturated carbocycles. The third-order valence-corrected chi connectivity index (χ3v) is 2.38. The van der Waals surface area contributed by atoms with E-state index in [9.17, 15) is 9.50 Å². The van der Waals surface area contributed by atoms with Crippen LogP contribution in [0, 0.1) is 5.82 Å². The van der Waals surface area contributed by atoms with Gasteiger partial charge in [-0.15, -0.1) is 0 Å². The number of phenols is 1. The molecule has 0 heterocycles. The SMILES string of the molecule is CC(C)(N)Cc1cc(Br)c(F)cc1O. The van der Waals surface area contributed by atoms with Crippen molar-refractivity contribution in [3.05, 3.63) is 28.0 Å². The summed E-state index contributed by atoms with van der Waals surface area (Å²) in [6.07, 6.45) is 0.498. The number of hydrogen-bond acceptors (Lipinski definition) is 2. The minimum atomic E-state index is -0.471. The minimum Gasteiger partial charge on any atom is -0.508 e. The van der Waals surface area contributed by atoms with E-state index >= 15 is 0 Å². The molecular formula is C10H13BrFNO. The van der Waals surface area contributed by atoms with E-state index in [-0.39, 0.29) is 5.75 Å². The quantitative estimate of drug-likeness (QED) is 0.860. The Labute approximate surface area is 91.1 Å². The topological polar surface area (TPSA) is 46.2 Å². The van der Waals surface area contributed by atoms with Crippen LogP contribution in [0.4, 0.5) is 4.39 Å². The highest BCUT2D eigenvalue weighted by Crippen LogP contribution is 2.27. The average molecular weight is 262 g/mol. The molecule has 0 amide bonds. The molecule has 0 aliphatic rings. The highest BCUT2D eigenvalue weighted by atomic mass is 79.9. The van der Waals surface area contributed by atoms with Gasteiger partial charge >= 0.3 is 0 Å². The predicted molar refractivity (Wildman–Crippen MR) is 57.7 cm³/mol. The fourth-order valence-electron chi connectivity index (χ4n) is 1.21. The van der Waals surface area contributed by atoms with Crippen molar-refractivity contribution in [3.63, 3.8) is 0 Å². The number of rotatable bonds is 2. The van der Waals surface area contributed by atoms with E-state index in [1.165, 1.54) is 0 Å². The van der Waals surface area contributed by atoms with E-state index in [4.69, 9.17) is 5.73 Å². The zero-order valence-electron chi connectivity index (χ0n) is 8.14. The van der Waals surface area contributed by atoms with Crippen LogP contribution >= 0.6 is 15.9 Å². The third kappa shape index (κ3) is 2.96. The first kappa shape index (κ1) is 11.5. The zero-order valence-corrected chi connectivity index (χ0v) is 9.73. The standard InChI is InChI=1S/C10H13BrFNO/c1-10(2,13)5-6-3-7(11)8(12)4-9(6)14/h3-4,14H,5,13H2,1-2H3. The Balaban J connectivity index is 3.04. The number of halogens is 2. The molecule has 0 aromatic heterocycles. The molecule has 0 saturated heterocycles. The molecular weight excluding hydrogens is 249 g/mol. The van der Waals surface area contributed by atoms with Crippen LogP contribution in [-0.2, 0) is 6.42 Å². The van der Waals surface area contributed by atoms with Crippen molar-refractivity contribution in [2.75, 3.05) is 0 Å². The van der Waals surface area contributed by atoms with Gasteiger partial charge in [-0.25, -0.2) is 4.39 Å². The molecule has 78 valence electrons. The summed E-state index contributed by atoms with van der Waals surface area (Å²) in [5.74, 6) is -0.523. The first-order chi connectivity index (χ1) is 6.29. The van der Waals surface area contributed by atoms with Crippen molar-refractivity contribution >= 4 is 15.9 Å². The number of hydrogen-bond donors (Lipinski definition) is 2. The van der Waals surface area contributed by atoms with Crippen LogP contribution in [0.15, 0.2) is 16.6 Å². The van der Waals surface area contributed by atoms with Crippen LogP contribution < -0.4 is 5.73 Å². The van der Waals surface area contributed by atoms with Crippen molar-refractivity contribution in [2.45, 2.75) is 25.8 Å². The fourth-order valence-corrected chi connectivity index (χ4v) is 1.60. The van der Waals surface area contributed by atoms with E-state index in [1.807, 2.05) is 13.8 Å². The summed E-state index contributed by atoms with van der Waals surface area (Å²) in [7, 11) is 0. The first-order valence-corrected chi connectivity index (χ1v) is 5.05. The molecule has 1 aromatic rings. The summed E-state index contributed by atoms with van der Waals surface area (Å²) in [5.41, 5.74) is 6.03. The zero-order chi connectivity index (χ0) is 10.9. The molecule has 0 aliphatic heterocycles. The molecule has 3 N–H and O–H groups in total. The van der Waals surface area contributed by atoms with Crippen molar-refractivity contribution in [2.24, 2.45) is 5.73 Å². The van der Waals surface area contributed by atoms with Gasteiger partial charge in [0.2, 0.25) is 0 Å². The van der Waals surface area contributed by atoms with Crippen LogP contribution in [0.3, 0.4) is 0 Å². The van der Waals surface area contributed by atoms with Crippen LogP contribution in [0.5, 0.6) is 5.75 Å². The molecule has 1 aromatic carbocycles. The summed E-state index contributed by atoms with van der Waals surface area (Å²) < 4.78 is 13.3. The number of phenolic OH excluding ortho intramolecular Hbond substituents is 1. The van der Waals surface area contributed by atoms with Gasteiger partial charge in [-0.1, -0.05) is 0 Å². The molecule has 0 aliphatic carbocycles. The number of aromatic hydroxyl groups is 1. The third-order valence-electron chi connectivity index (χ3n) is 1.77. The largest absolute Gasteiger partial charge is 0.508 e. The summed E-state index contributed by atoms with van der Waals surface area (Å²) in [4.78, 5) is 0. The molecule has 14 heavy (non-hydrogen) atoms. The molecule has 4 heteroatoms. The normalized spacial score (nSPS) is 11.8. The van der Waals surface area contributed by atoms with E-state index in [2.05, 4.69) is 15.9 Å². The molecule has 0 unspecified atom stereocenters. The predicted octanol–water partition coefficient (Wildman–Crippen LogP) is 2.57. The van der Waals surface area contributed by atoms with Crippen molar-refractivity contribution < 1.29 is 9.50 Å². The molecule has 0 spiro atoms. The Morgan fingerprint density at radius 1 is 1.50 bits per heavy atom. The van der Waals surface area contributed by atoms with Crippen LogP contribution in [-0.4, -0.2) is 10.6 Å². The highest BCUT2D eigenvalue weighted by molar-refractivity contribution is 9.10. The monoisotopic (exact) mass is 261 g/mol. The second-order valence-electron chi connectivity index (χ2n) is 4.06. The van der Waals surface area contributed by atoms with Crippen LogP contribution in [0.2, 0.25) is 0 Å². The summed E-state index contributed by atoms with van der Waals surface area (Å²) in [6.45, 7) is 3.70. The smallest absolute Gasteiger partial charge is 0.141 e. The Hall–Kier alpha value is -0.610. The van der Waals surface area contributed by atoms with E-state index in [0.717, 1.165) is 6.07 Å². The van der Waals surface area contributed by atoms with Crippen molar-refractivity contribution in [1.82, 2.24) is 0 Å². The summed E-state index contributed by atoms with van der Waals surface area (Å²) in [6, 6.07) is 2.64. The molecule has 0 radical (unpaired) electrons. The Bertz CT molecular complexity index is 347. The Morgan fingerprint density at radius 2 is 2.07 bits per heavy atom. The van der Waals surface area contributed by atoms with E-state index in [0.29, 0.717) is 16.5 Å². The maximum atomic E-state index is 13.0. The van der Waals surface area contributed by atoms with Gasteiger partial charge in [0.05, 0.1) is 4.47 Å². The molecule has 0 bridgehead atoms. The van der Waals surface area contributed by atoms with Gasteiger partial charge in [0.1, 0.15) is 11.6 Å². The second kappa shape index (κ2) is 3.87. The first-order valence-electron chi connectivity index (χ1n) is 4.25. The van der Waals surface area contributed by atoms with Gasteiger partial charge in [0.15, 0.2) is 0 Å². The maximum Gasteiger partial charge on any atom is 0.141 e. The summed E-state index contributed by atoms with van der Waals surface area (Å²) >= 11 is 3.06. The maximum absolute atomic E-state index is 13.0. The lowest BCUT2D eigenvalue weighted by atomic mass is 9.96. The Morgan fingerprint density at radius 3 is 2.57 bits per heavy atom. The lowest BCUT2D eigenvalue weighted by Crippen LogP contribution is -2.34. The average Bonchev–Trinajstić information content (AvgIpc) is 1.97. The van der Waals surface area contributed by atoms with Gasteiger partial charge in [0.25, 0.3) is 0 Å². The molecule has 0 fully saturated rings. The second-order valence-corrected chi connectivity index (χ2v) is 4.91. The molecule has 2 nitrogen and oxygen atoms in total. The van der Waals surface area contributed by atoms with Gasteiger partial charge in [0, 0.05) is 11.6 Å². The van der Waals surface area contributed by atoms with Crippen LogP contribution in [0.25, 0.3) is 0 Å². The lowest BCUT2D eigenvalue weighted by molar-refractivity contribution is 0.444. The van der Waals surface area contributed by atoms with Crippen LogP contribution in [0.1, 0.15) is 19.4 Å². The Kier molecular flexibility index (Phi) is 3.17. The summed E-state index contributed by atoms with van der Waals surface area (Å²) in [5, 5.41) is 9.46. The van der Waals surface area contributed by atoms with Crippen molar-refractivity contribution in [3.8, 4) is 5.75 Å².